The van der Waals surface area contributed by atoms with E-state index in [-0.39, 0.29) is 11.5 Å². The summed E-state index contributed by atoms with van der Waals surface area (Å²) in [4.78, 5) is 28.5. The summed E-state index contributed by atoms with van der Waals surface area (Å²) in [6, 6.07) is 8.61. The fourth-order valence-corrected chi connectivity index (χ4v) is 4.27. The van der Waals surface area contributed by atoms with Crippen molar-refractivity contribution in [2.45, 2.75) is 19.4 Å². The number of aromatic amines is 1. The van der Waals surface area contributed by atoms with Gasteiger partial charge in [-0.25, -0.2) is 0 Å². The second-order valence-electron chi connectivity index (χ2n) is 7.60. The number of methoxy groups -OCH3 is 1. The van der Waals surface area contributed by atoms with Gasteiger partial charge in [0.25, 0.3) is 11.5 Å². The van der Waals surface area contributed by atoms with Gasteiger partial charge in [0.05, 0.1) is 15.9 Å². The number of rotatable bonds is 8. The molecule has 3 aromatic rings. The SMILES string of the molecule is COCCCn1c(=S)[nH]c2cc(C(=O)NCCc3cc(Cl)c4c(c3)OCCO4)ccc2c1=O. The third-order valence-electron chi connectivity index (χ3n) is 5.33. The lowest BCUT2D eigenvalue weighted by Crippen LogP contribution is -2.26. The molecule has 2 heterocycles. The summed E-state index contributed by atoms with van der Waals surface area (Å²) in [6.07, 6.45) is 1.25. The van der Waals surface area contributed by atoms with Crippen molar-refractivity contribution in [2.75, 3.05) is 33.5 Å². The molecule has 8 nitrogen and oxygen atoms in total. The Hall–Kier alpha value is -2.88. The van der Waals surface area contributed by atoms with E-state index in [9.17, 15) is 9.59 Å². The Morgan fingerprint density at radius 1 is 1.27 bits per heavy atom. The summed E-state index contributed by atoms with van der Waals surface area (Å²) >= 11 is 11.6. The van der Waals surface area contributed by atoms with Crippen LogP contribution in [0.3, 0.4) is 0 Å². The first-order valence-corrected chi connectivity index (χ1v) is 11.4. The monoisotopic (exact) mass is 489 g/mol. The molecule has 0 saturated carbocycles. The topological polar surface area (TPSA) is 94.6 Å². The minimum Gasteiger partial charge on any atom is -0.486 e. The number of hydrogen-bond donors (Lipinski definition) is 2. The Morgan fingerprint density at radius 2 is 2.09 bits per heavy atom. The highest BCUT2D eigenvalue weighted by Gasteiger charge is 2.17. The van der Waals surface area contributed by atoms with Crippen LogP contribution >= 0.6 is 23.8 Å². The first-order chi connectivity index (χ1) is 16.0. The number of fused-ring (bicyclic) bond motifs is 2. The van der Waals surface area contributed by atoms with Gasteiger partial charge in [-0.1, -0.05) is 11.6 Å². The van der Waals surface area contributed by atoms with Gasteiger partial charge in [-0.15, -0.1) is 0 Å². The van der Waals surface area contributed by atoms with Crippen molar-refractivity contribution in [1.82, 2.24) is 14.9 Å². The Morgan fingerprint density at radius 3 is 2.91 bits per heavy atom. The summed E-state index contributed by atoms with van der Waals surface area (Å²) in [5, 5.41) is 3.86. The van der Waals surface area contributed by atoms with Crippen LogP contribution in [0.4, 0.5) is 0 Å². The molecule has 1 amide bonds. The normalized spacial score (nSPS) is 12.7. The lowest BCUT2D eigenvalue weighted by molar-refractivity contribution is 0.0954. The smallest absolute Gasteiger partial charge is 0.262 e. The molecular formula is C23H24ClN3O5S. The van der Waals surface area contributed by atoms with Crippen LogP contribution in [0.1, 0.15) is 22.3 Å². The molecule has 1 aliphatic rings. The largest absolute Gasteiger partial charge is 0.486 e. The van der Waals surface area contributed by atoms with Crippen LogP contribution in [0.25, 0.3) is 10.9 Å². The maximum Gasteiger partial charge on any atom is 0.262 e. The number of ether oxygens (including phenoxy) is 3. The van der Waals surface area contributed by atoms with Crippen LogP contribution in [0.5, 0.6) is 11.5 Å². The average Bonchev–Trinajstić information content (AvgIpc) is 2.81. The third-order valence-corrected chi connectivity index (χ3v) is 5.93. The predicted molar refractivity (Wildman–Crippen MR) is 128 cm³/mol. The number of halogens is 1. The number of carbonyl (C=O) groups is 1. The van der Waals surface area contributed by atoms with Crippen LogP contribution in [0.15, 0.2) is 35.1 Å². The fourth-order valence-electron chi connectivity index (χ4n) is 3.70. The molecule has 0 spiro atoms. The molecule has 1 aromatic heterocycles. The average molecular weight is 490 g/mol. The van der Waals surface area contributed by atoms with E-state index in [0.717, 1.165) is 5.56 Å². The van der Waals surface area contributed by atoms with Gasteiger partial charge in [-0.05, 0) is 61.0 Å². The number of carbonyl (C=O) groups excluding carboxylic acids is 1. The molecule has 1 aliphatic heterocycles. The third kappa shape index (κ3) is 5.21. The molecule has 0 aliphatic carbocycles. The van der Waals surface area contributed by atoms with Gasteiger partial charge in [0.15, 0.2) is 16.3 Å². The van der Waals surface area contributed by atoms with E-state index >= 15 is 0 Å². The van der Waals surface area contributed by atoms with E-state index in [1.807, 2.05) is 12.1 Å². The minimum absolute atomic E-state index is 0.188. The van der Waals surface area contributed by atoms with E-state index in [0.29, 0.717) is 83.5 Å². The van der Waals surface area contributed by atoms with E-state index in [4.69, 9.17) is 38.0 Å². The van der Waals surface area contributed by atoms with Crippen molar-refractivity contribution in [3.8, 4) is 11.5 Å². The summed E-state index contributed by atoms with van der Waals surface area (Å²) in [7, 11) is 1.61. The van der Waals surface area contributed by atoms with Crippen molar-refractivity contribution in [3.05, 3.63) is 61.6 Å². The number of benzene rings is 2. The summed E-state index contributed by atoms with van der Waals surface area (Å²) in [5.74, 6) is 0.929. The molecule has 0 bridgehead atoms. The molecule has 0 radical (unpaired) electrons. The highest BCUT2D eigenvalue weighted by Crippen LogP contribution is 2.38. The Balaban J connectivity index is 1.44. The van der Waals surface area contributed by atoms with Crippen molar-refractivity contribution < 1.29 is 19.0 Å². The molecule has 174 valence electrons. The Bertz CT molecular complexity index is 1300. The molecular weight excluding hydrogens is 466 g/mol. The van der Waals surface area contributed by atoms with Crippen LogP contribution in [0.2, 0.25) is 5.02 Å². The number of aromatic nitrogens is 2. The van der Waals surface area contributed by atoms with Crippen LogP contribution in [-0.2, 0) is 17.7 Å². The summed E-state index contributed by atoms with van der Waals surface area (Å²) in [6.45, 7) is 2.36. The highest BCUT2D eigenvalue weighted by atomic mass is 35.5. The molecule has 33 heavy (non-hydrogen) atoms. The van der Waals surface area contributed by atoms with Crippen molar-refractivity contribution in [3.63, 3.8) is 0 Å². The minimum atomic E-state index is -0.246. The van der Waals surface area contributed by atoms with Crippen LogP contribution in [0, 0.1) is 4.77 Å². The maximum absolute atomic E-state index is 12.8. The van der Waals surface area contributed by atoms with E-state index in [2.05, 4.69) is 10.3 Å². The Labute approximate surface area is 200 Å². The first-order valence-electron chi connectivity index (χ1n) is 10.6. The second kappa shape index (κ2) is 10.4. The maximum atomic E-state index is 12.8. The second-order valence-corrected chi connectivity index (χ2v) is 8.40. The van der Waals surface area contributed by atoms with Gasteiger partial charge in [0.1, 0.15) is 13.2 Å². The van der Waals surface area contributed by atoms with E-state index in [1.54, 1.807) is 25.3 Å². The number of hydrogen-bond acceptors (Lipinski definition) is 6. The number of nitrogens with zero attached hydrogens (tertiary/aromatic N) is 1. The van der Waals surface area contributed by atoms with Crippen LogP contribution in [-0.4, -0.2) is 48.9 Å². The molecule has 0 saturated heterocycles. The van der Waals surface area contributed by atoms with Gasteiger partial charge in [-0.3, -0.25) is 14.2 Å². The van der Waals surface area contributed by atoms with Crippen molar-refractivity contribution in [1.29, 1.82) is 0 Å². The zero-order valence-corrected chi connectivity index (χ0v) is 19.7. The van der Waals surface area contributed by atoms with Gasteiger partial charge < -0.3 is 24.5 Å². The lowest BCUT2D eigenvalue weighted by Gasteiger charge is -2.20. The fraction of sp³-hybridized carbons (Fsp3) is 0.348. The van der Waals surface area contributed by atoms with Gasteiger partial charge in [-0.2, -0.15) is 0 Å². The lowest BCUT2D eigenvalue weighted by atomic mass is 10.1. The van der Waals surface area contributed by atoms with Crippen molar-refractivity contribution in [2.24, 2.45) is 0 Å². The summed E-state index contributed by atoms with van der Waals surface area (Å²) in [5.41, 5.74) is 1.71. The van der Waals surface area contributed by atoms with Crippen LogP contribution < -0.4 is 20.3 Å². The number of H-pyrrole nitrogens is 1. The van der Waals surface area contributed by atoms with Gasteiger partial charge in [0.2, 0.25) is 0 Å². The van der Waals surface area contributed by atoms with Crippen molar-refractivity contribution >= 4 is 40.6 Å². The number of amides is 1. The standard InChI is InChI=1S/C23H24ClN3O5S/c1-30-8-2-7-27-22(29)16-4-3-15(13-18(16)26-23(27)33)21(28)25-6-5-14-11-17(24)20-19(12-14)31-9-10-32-20/h3-4,11-13H,2,5-10H2,1H3,(H,25,28)(H,26,33). The number of nitrogens with one attached hydrogen (secondary N) is 2. The first kappa shape index (κ1) is 23.3. The molecule has 4 rings (SSSR count). The predicted octanol–water partition coefficient (Wildman–Crippen LogP) is 3.49. The summed E-state index contributed by atoms with van der Waals surface area (Å²) < 4.78 is 18.0. The quantitative estimate of drug-likeness (QED) is 0.371. The molecule has 0 atom stereocenters. The van der Waals surface area contributed by atoms with Gasteiger partial charge in [0, 0.05) is 32.4 Å². The van der Waals surface area contributed by atoms with Gasteiger partial charge >= 0.3 is 0 Å². The molecule has 0 unspecified atom stereocenters. The zero-order valence-electron chi connectivity index (χ0n) is 18.1. The zero-order chi connectivity index (χ0) is 23.4. The Kier molecular flexibility index (Phi) is 7.32. The molecule has 10 heteroatoms. The van der Waals surface area contributed by atoms with E-state index < -0.39 is 0 Å². The molecule has 0 fully saturated rings. The van der Waals surface area contributed by atoms with E-state index in [1.165, 1.54) is 4.57 Å². The molecule has 2 N–H and O–H groups in total. The highest BCUT2D eigenvalue weighted by molar-refractivity contribution is 7.71. The molecule has 2 aromatic carbocycles.